The SMILES string of the molecule is CCOC(=O)C1=NN(c2cccc(Cl)c2)[C@@H]2C(=O)N(c3ccccc3OC)C(=O)[C@@H]12. The molecule has 0 aromatic heterocycles. The number of hydrazone groups is 1. The molecule has 2 aromatic carbocycles. The zero-order valence-corrected chi connectivity index (χ0v) is 17.0. The van der Waals surface area contributed by atoms with E-state index in [0.29, 0.717) is 22.1 Å². The predicted octanol–water partition coefficient (Wildman–Crippen LogP) is 2.65. The fourth-order valence-electron chi connectivity index (χ4n) is 3.67. The minimum Gasteiger partial charge on any atom is -0.495 e. The number of methoxy groups -OCH3 is 1. The molecular formula is C21H18ClN3O5. The van der Waals surface area contributed by atoms with Gasteiger partial charge in [0.15, 0.2) is 5.71 Å². The number of esters is 1. The summed E-state index contributed by atoms with van der Waals surface area (Å²) in [6.45, 7) is 1.77. The Hall–Kier alpha value is -3.39. The molecule has 0 radical (unpaired) electrons. The third kappa shape index (κ3) is 3.09. The van der Waals surface area contributed by atoms with Crippen molar-refractivity contribution in [2.75, 3.05) is 23.6 Å². The molecule has 0 N–H and O–H groups in total. The molecule has 1 saturated heterocycles. The van der Waals surface area contributed by atoms with E-state index in [4.69, 9.17) is 21.1 Å². The summed E-state index contributed by atoms with van der Waals surface area (Å²) >= 11 is 6.10. The minimum absolute atomic E-state index is 0.113. The molecule has 8 nitrogen and oxygen atoms in total. The lowest BCUT2D eigenvalue weighted by Crippen LogP contribution is -2.39. The summed E-state index contributed by atoms with van der Waals surface area (Å²) in [7, 11) is 1.45. The molecule has 2 aromatic rings. The third-order valence-corrected chi connectivity index (χ3v) is 5.17. The van der Waals surface area contributed by atoms with Crippen LogP contribution in [-0.2, 0) is 19.1 Å². The second kappa shape index (κ2) is 7.79. The molecule has 2 aliphatic rings. The summed E-state index contributed by atoms with van der Waals surface area (Å²) in [4.78, 5) is 40.3. The maximum Gasteiger partial charge on any atom is 0.355 e. The van der Waals surface area contributed by atoms with Gasteiger partial charge in [-0.25, -0.2) is 9.69 Å². The Morgan fingerprint density at radius 1 is 1.13 bits per heavy atom. The number of para-hydroxylation sites is 2. The lowest BCUT2D eigenvalue weighted by atomic mass is 9.98. The number of halogens is 1. The first-order valence-electron chi connectivity index (χ1n) is 9.29. The molecule has 9 heteroatoms. The maximum absolute atomic E-state index is 13.4. The molecule has 0 aliphatic carbocycles. The van der Waals surface area contributed by atoms with Gasteiger partial charge >= 0.3 is 5.97 Å². The lowest BCUT2D eigenvalue weighted by molar-refractivity contribution is -0.136. The van der Waals surface area contributed by atoms with Crippen LogP contribution in [0.25, 0.3) is 0 Å². The zero-order valence-electron chi connectivity index (χ0n) is 16.2. The monoisotopic (exact) mass is 427 g/mol. The number of imide groups is 1. The van der Waals surface area contributed by atoms with E-state index < -0.39 is 29.7 Å². The topological polar surface area (TPSA) is 88.5 Å². The van der Waals surface area contributed by atoms with E-state index in [2.05, 4.69) is 5.10 Å². The molecule has 0 spiro atoms. The Kier molecular flexibility index (Phi) is 5.17. The Morgan fingerprint density at radius 2 is 1.90 bits per heavy atom. The first-order valence-corrected chi connectivity index (χ1v) is 9.67. The molecule has 1 fully saturated rings. The number of carbonyl (C=O) groups is 3. The summed E-state index contributed by atoms with van der Waals surface area (Å²) in [6, 6.07) is 12.4. The van der Waals surface area contributed by atoms with Crippen molar-refractivity contribution in [1.29, 1.82) is 0 Å². The van der Waals surface area contributed by atoms with Crippen molar-refractivity contribution in [3.63, 3.8) is 0 Å². The molecule has 4 rings (SSSR count). The van der Waals surface area contributed by atoms with Gasteiger partial charge in [-0.15, -0.1) is 0 Å². The van der Waals surface area contributed by atoms with Gasteiger partial charge in [-0.1, -0.05) is 29.8 Å². The van der Waals surface area contributed by atoms with Crippen molar-refractivity contribution < 1.29 is 23.9 Å². The van der Waals surface area contributed by atoms with E-state index in [-0.39, 0.29) is 12.3 Å². The molecule has 154 valence electrons. The third-order valence-electron chi connectivity index (χ3n) is 4.93. The second-order valence-electron chi connectivity index (χ2n) is 6.64. The second-order valence-corrected chi connectivity index (χ2v) is 7.07. The number of rotatable bonds is 5. The molecule has 2 atom stereocenters. The van der Waals surface area contributed by atoms with E-state index in [1.807, 2.05) is 0 Å². The fourth-order valence-corrected chi connectivity index (χ4v) is 3.86. The molecule has 0 unspecified atom stereocenters. The molecule has 0 saturated carbocycles. The van der Waals surface area contributed by atoms with E-state index in [0.717, 1.165) is 4.90 Å². The highest BCUT2D eigenvalue weighted by Gasteiger charge is 2.59. The van der Waals surface area contributed by atoms with Crippen LogP contribution in [0, 0.1) is 5.92 Å². The van der Waals surface area contributed by atoms with Crippen LogP contribution in [0.5, 0.6) is 5.75 Å². The van der Waals surface area contributed by atoms with Crippen LogP contribution in [0.15, 0.2) is 53.6 Å². The van der Waals surface area contributed by atoms with Gasteiger partial charge in [0.2, 0.25) is 5.91 Å². The van der Waals surface area contributed by atoms with Gasteiger partial charge in [-0.2, -0.15) is 5.10 Å². The maximum atomic E-state index is 13.4. The van der Waals surface area contributed by atoms with Crippen LogP contribution >= 0.6 is 11.6 Å². The van der Waals surface area contributed by atoms with Crippen molar-refractivity contribution in [2.24, 2.45) is 11.0 Å². The molecule has 2 amide bonds. The van der Waals surface area contributed by atoms with Crippen LogP contribution in [0.1, 0.15) is 6.92 Å². The van der Waals surface area contributed by atoms with Gasteiger partial charge in [0.05, 0.1) is 25.1 Å². The van der Waals surface area contributed by atoms with Gasteiger partial charge in [-0.3, -0.25) is 14.6 Å². The summed E-state index contributed by atoms with van der Waals surface area (Å²) in [5.74, 6) is -2.55. The van der Waals surface area contributed by atoms with Crippen LogP contribution in [0.3, 0.4) is 0 Å². The van der Waals surface area contributed by atoms with Crippen molar-refractivity contribution in [3.8, 4) is 5.75 Å². The summed E-state index contributed by atoms with van der Waals surface area (Å²) < 4.78 is 10.4. The molecule has 2 heterocycles. The average Bonchev–Trinajstić information content (AvgIpc) is 3.25. The van der Waals surface area contributed by atoms with E-state index >= 15 is 0 Å². The minimum atomic E-state index is -1.10. The van der Waals surface area contributed by atoms with Crippen LogP contribution < -0.4 is 14.6 Å². The first-order chi connectivity index (χ1) is 14.5. The molecule has 30 heavy (non-hydrogen) atoms. The number of hydrogen-bond acceptors (Lipinski definition) is 7. The van der Waals surface area contributed by atoms with Gasteiger partial charge in [-0.05, 0) is 37.3 Å². The number of amides is 2. The highest BCUT2D eigenvalue weighted by molar-refractivity contribution is 6.47. The first kappa shape index (κ1) is 19.9. The number of anilines is 2. The average molecular weight is 428 g/mol. The quantitative estimate of drug-likeness (QED) is 0.538. The Bertz CT molecular complexity index is 1070. The Labute approximate surface area is 177 Å². The number of hydrogen-bond donors (Lipinski definition) is 0. The van der Waals surface area contributed by atoms with Gasteiger partial charge in [0, 0.05) is 5.02 Å². The van der Waals surface area contributed by atoms with Crippen molar-refractivity contribution >= 4 is 46.5 Å². The van der Waals surface area contributed by atoms with E-state index in [9.17, 15) is 14.4 Å². The summed E-state index contributed by atoms with van der Waals surface area (Å²) in [6.07, 6.45) is 0. The van der Waals surface area contributed by atoms with Crippen molar-refractivity contribution in [1.82, 2.24) is 0 Å². The summed E-state index contributed by atoms with van der Waals surface area (Å²) in [5, 5.41) is 6.08. The number of nitrogens with zero attached hydrogens (tertiary/aromatic N) is 3. The van der Waals surface area contributed by atoms with E-state index in [1.165, 1.54) is 12.1 Å². The lowest BCUT2D eigenvalue weighted by Gasteiger charge is -2.23. The standard InChI is InChI=1S/C21H18ClN3O5/c1-3-30-21(28)17-16-18(25(23-17)13-8-6-7-12(22)11-13)20(27)24(19(16)26)14-9-4-5-10-15(14)29-2/h4-11,16,18H,3H2,1-2H3/t16-,18-/m0/s1. The molecule has 2 aliphatic heterocycles. The predicted molar refractivity (Wildman–Crippen MR) is 111 cm³/mol. The van der Waals surface area contributed by atoms with Gasteiger partial charge in [0.25, 0.3) is 5.91 Å². The number of benzene rings is 2. The van der Waals surface area contributed by atoms with Crippen LogP contribution in [-0.4, -0.2) is 43.3 Å². The zero-order chi connectivity index (χ0) is 21.4. The van der Waals surface area contributed by atoms with Crippen molar-refractivity contribution in [3.05, 3.63) is 53.6 Å². The number of fused-ring (bicyclic) bond motifs is 1. The Balaban J connectivity index is 1.82. The number of carbonyl (C=O) groups excluding carboxylic acids is 3. The largest absolute Gasteiger partial charge is 0.495 e. The smallest absolute Gasteiger partial charge is 0.355 e. The van der Waals surface area contributed by atoms with Gasteiger partial charge < -0.3 is 9.47 Å². The van der Waals surface area contributed by atoms with Crippen LogP contribution in [0.2, 0.25) is 5.02 Å². The Morgan fingerprint density at radius 3 is 2.60 bits per heavy atom. The van der Waals surface area contributed by atoms with Crippen LogP contribution in [0.4, 0.5) is 11.4 Å². The highest BCUT2D eigenvalue weighted by atomic mass is 35.5. The normalized spacial score (nSPS) is 20.3. The van der Waals surface area contributed by atoms with Gasteiger partial charge in [0.1, 0.15) is 17.7 Å². The molecular weight excluding hydrogens is 410 g/mol. The molecule has 0 bridgehead atoms. The van der Waals surface area contributed by atoms with E-state index in [1.54, 1.807) is 55.5 Å². The number of ether oxygens (including phenoxy) is 2. The van der Waals surface area contributed by atoms with Crippen molar-refractivity contribution in [2.45, 2.75) is 13.0 Å². The summed E-state index contributed by atoms with van der Waals surface area (Å²) in [5.41, 5.74) is 0.677. The fraction of sp³-hybridized carbons (Fsp3) is 0.238. The highest BCUT2D eigenvalue weighted by Crippen LogP contribution is 2.40.